The van der Waals surface area contributed by atoms with Gasteiger partial charge in [0, 0.05) is 14.2 Å². The van der Waals surface area contributed by atoms with E-state index in [-0.39, 0.29) is 12.4 Å². The van der Waals surface area contributed by atoms with Crippen LogP contribution in [0.4, 0.5) is 0 Å². The molecule has 2 rings (SSSR count). The quantitative estimate of drug-likeness (QED) is 0.215. The Morgan fingerprint density at radius 3 is 2.09 bits per heavy atom. The molecule has 0 saturated carbocycles. The van der Waals surface area contributed by atoms with Crippen LogP contribution in [0.1, 0.15) is 23.2 Å². The molecule has 8 nitrogen and oxygen atoms in total. The van der Waals surface area contributed by atoms with E-state index in [2.05, 4.69) is 0 Å². The molecule has 0 radical (unpaired) electrons. The molecule has 33 heavy (non-hydrogen) atoms. The van der Waals surface area contributed by atoms with Gasteiger partial charge in [-0.15, -0.1) is 0 Å². The standard InChI is InChI=1S/C24H34O8Si/c1-28-14-16-31-33(32-17-15-29-2,23-8-4-3-5-9-23)18-6-7-22(26)19-30-24(27)20-10-12-21(25)13-11-20/h3-5,8-13,22,25-26H,6-7,14-19H2,1-2H3. The zero-order valence-corrected chi connectivity index (χ0v) is 20.3. The maximum absolute atomic E-state index is 12.1. The van der Waals surface area contributed by atoms with Gasteiger partial charge in [0.2, 0.25) is 0 Å². The SMILES string of the molecule is COCCO[Si](CCCC(O)COC(=O)c1ccc(O)cc1)(OCCOC)c1ccccc1. The fourth-order valence-corrected chi connectivity index (χ4v) is 6.47. The van der Waals surface area contributed by atoms with Crippen LogP contribution in [-0.4, -0.2) is 78.1 Å². The third-order valence-electron chi connectivity index (χ3n) is 5.01. The molecule has 182 valence electrons. The van der Waals surface area contributed by atoms with E-state index in [1.165, 1.54) is 24.3 Å². The minimum absolute atomic E-state index is 0.0677. The number of hydrogen-bond donors (Lipinski definition) is 2. The van der Waals surface area contributed by atoms with Crippen LogP contribution < -0.4 is 5.19 Å². The molecule has 0 aromatic heterocycles. The first-order valence-electron chi connectivity index (χ1n) is 11.0. The van der Waals surface area contributed by atoms with Crippen LogP contribution in [0.5, 0.6) is 5.75 Å². The van der Waals surface area contributed by atoms with Crippen molar-refractivity contribution in [2.75, 3.05) is 47.3 Å². The van der Waals surface area contributed by atoms with Gasteiger partial charge in [-0.05, 0) is 48.3 Å². The minimum Gasteiger partial charge on any atom is -0.508 e. The summed E-state index contributed by atoms with van der Waals surface area (Å²) in [7, 11) is 0.425. The summed E-state index contributed by atoms with van der Waals surface area (Å²) in [4.78, 5) is 12.1. The van der Waals surface area contributed by atoms with Gasteiger partial charge in [-0.25, -0.2) is 4.79 Å². The van der Waals surface area contributed by atoms with E-state index in [1.54, 1.807) is 14.2 Å². The van der Waals surface area contributed by atoms with Crippen molar-refractivity contribution in [2.24, 2.45) is 0 Å². The van der Waals surface area contributed by atoms with E-state index in [4.69, 9.17) is 23.1 Å². The molecule has 0 aliphatic carbocycles. The van der Waals surface area contributed by atoms with Gasteiger partial charge in [0.15, 0.2) is 0 Å². The number of benzene rings is 2. The highest BCUT2D eigenvalue weighted by atomic mass is 28.4. The van der Waals surface area contributed by atoms with Gasteiger partial charge in [-0.3, -0.25) is 0 Å². The van der Waals surface area contributed by atoms with Crippen molar-refractivity contribution in [1.29, 1.82) is 0 Å². The van der Waals surface area contributed by atoms with Gasteiger partial charge in [0.05, 0.1) is 38.1 Å². The van der Waals surface area contributed by atoms with Crippen LogP contribution in [0.3, 0.4) is 0 Å². The highest BCUT2D eigenvalue weighted by Crippen LogP contribution is 2.20. The second-order valence-corrected chi connectivity index (χ2v) is 10.7. The van der Waals surface area contributed by atoms with E-state index in [9.17, 15) is 15.0 Å². The van der Waals surface area contributed by atoms with Gasteiger partial charge in [0.25, 0.3) is 0 Å². The van der Waals surface area contributed by atoms with Crippen molar-refractivity contribution in [3.05, 3.63) is 60.2 Å². The van der Waals surface area contributed by atoms with Gasteiger partial charge < -0.3 is 33.3 Å². The van der Waals surface area contributed by atoms with Gasteiger partial charge in [-0.2, -0.15) is 0 Å². The highest BCUT2D eigenvalue weighted by Gasteiger charge is 2.39. The Morgan fingerprint density at radius 1 is 0.909 bits per heavy atom. The van der Waals surface area contributed by atoms with Crippen molar-refractivity contribution in [2.45, 2.75) is 25.0 Å². The number of carbonyl (C=O) groups excluding carboxylic acids is 1. The highest BCUT2D eigenvalue weighted by molar-refractivity contribution is 6.81. The molecule has 2 N–H and O–H groups in total. The predicted octanol–water partition coefficient (Wildman–Crippen LogP) is 2.37. The molecular weight excluding hydrogens is 444 g/mol. The molecule has 9 heteroatoms. The lowest BCUT2D eigenvalue weighted by atomic mass is 10.2. The number of ether oxygens (including phenoxy) is 3. The topological polar surface area (TPSA) is 104 Å². The van der Waals surface area contributed by atoms with Crippen LogP contribution in [0.15, 0.2) is 54.6 Å². The Balaban J connectivity index is 1.95. The first-order valence-corrected chi connectivity index (χ1v) is 13.0. The second kappa shape index (κ2) is 14.8. The van der Waals surface area contributed by atoms with E-state index >= 15 is 0 Å². The molecule has 0 bridgehead atoms. The average Bonchev–Trinajstić information content (AvgIpc) is 2.83. The number of carbonyl (C=O) groups is 1. The molecule has 2 aromatic rings. The number of aromatic hydroxyl groups is 1. The molecule has 0 aliphatic heterocycles. The Labute approximate surface area is 196 Å². The summed E-state index contributed by atoms with van der Waals surface area (Å²) in [5.74, 6) is -0.481. The monoisotopic (exact) mass is 478 g/mol. The number of phenolic OH excluding ortho intramolecular Hbond substituents is 1. The number of aliphatic hydroxyl groups excluding tert-OH is 1. The molecule has 1 atom stereocenters. The summed E-state index contributed by atoms with van der Waals surface area (Å²) in [6, 6.07) is 16.2. The normalized spacial score (nSPS) is 12.5. The summed E-state index contributed by atoms with van der Waals surface area (Å²) < 4.78 is 28.1. The molecular formula is C24H34O8Si. The predicted molar refractivity (Wildman–Crippen MR) is 126 cm³/mol. The summed E-state index contributed by atoms with van der Waals surface area (Å²) >= 11 is 0. The van der Waals surface area contributed by atoms with Crippen molar-refractivity contribution >= 4 is 19.7 Å². The smallest absolute Gasteiger partial charge is 0.372 e. The van der Waals surface area contributed by atoms with Gasteiger partial charge in [0.1, 0.15) is 12.4 Å². The van der Waals surface area contributed by atoms with Crippen molar-refractivity contribution in [3.63, 3.8) is 0 Å². The number of aliphatic hydroxyl groups is 1. The van der Waals surface area contributed by atoms with Crippen molar-refractivity contribution in [3.8, 4) is 5.75 Å². The maximum Gasteiger partial charge on any atom is 0.372 e. The molecule has 0 aliphatic rings. The lowest BCUT2D eigenvalue weighted by molar-refractivity contribution is 0.0234. The molecule has 0 amide bonds. The summed E-state index contributed by atoms with van der Waals surface area (Å²) in [5.41, 5.74) is 0.314. The van der Waals surface area contributed by atoms with Crippen molar-refractivity contribution < 1.29 is 38.1 Å². The maximum atomic E-state index is 12.1. The fraction of sp³-hybridized carbons (Fsp3) is 0.458. The van der Waals surface area contributed by atoms with E-state index in [1.807, 2.05) is 30.3 Å². The number of hydrogen-bond acceptors (Lipinski definition) is 8. The number of esters is 1. The summed E-state index contributed by atoms with van der Waals surface area (Å²) in [6.07, 6.45) is 0.233. The summed E-state index contributed by atoms with van der Waals surface area (Å²) in [6.45, 7) is 1.58. The van der Waals surface area contributed by atoms with Crippen LogP contribution in [0, 0.1) is 0 Å². The first-order chi connectivity index (χ1) is 16.0. The zero-order valence-electron chi connectivity index (χ0n) is 19.3. The first kappa shape index (κ1) is 27.0. The zero-order chi connectivity index (χ0) is 23.9. The lowest BCUT2D eigenvalue weighted by Crippen LogP contribution is -2.54. The molecule has 0 fully saturated rings. The Morgan fingerprint density at radius 2 is 1.52 bits per heavy atom. The van der Waals surface area contributed by atoms with Crippen LogP contribution in [0.25, 0.3) is 0 Å². The lowest BCUT2D eigenvalue weighted by Gasteiger charge is -2.31. The second-order valence-electron chi connectivity index (χ2n) is 7.49. The molecule has 0 saturated heterocycles. The Bertz CT molecular complexity index is 790. The van der Waals surface area contributed by atoms with Gasteiger partial charge in [-0.1, -0.05) is 30.3 Å². The molecule has 1 unspecified atom stereocenters. The van der Waals surface area contributed by atoms with E-state index in [0.29, 0.717) is 50.9 Å². The minimum atomic E-state index is -2.82. The third kappa shape index (κ3) is 9.24. The average molecular weight is 479 g/mol. The molecule has 2 aromatic carbocycles. The largest absolute Gasteiger partial charge is 0.508 e. The number of phenols is 1. The van der Waals surface area contributed by atoms with Gasteiger partial charge >= 0.3 is 14.5 Å². The van der Waals surface area contributed by atoms with Crippen LogP contribution in [0.2, 0.25) is 6.04 Å². The third-order valence-corrected chi connectivity index (χ3v) is 8.58. The number of methoxy groups -OCH3 is 2. The van der Waals surface area contributed by atoms with E-state index in [0.717, 1.165) is 5.19 Å². The Hall–Kier alpha value is -2.27. The summed E-state index contributed by atoms with van der Waals surface area (Å²) in [5, 5.41) is 20.7. The van der Waals surface area contributed by atoms with Crippen molar-refractivity contribution in [1.82, 2.24) is 0 Å². The van der Waals surface area contributed by atoms with Crippen LogP contribution >= 0.6 is 0 Å². The molecule has 0 spiro atoms. The fourth-order valence-electron chi connectivity index (χ4n) is 3.28. The molecule has 0 heterocycles. The number of rotatable bonds is 16. The van der Waals surface area contributed by atoms with E-state index < -0.39 is 20.6 Å². The Kier molecular flexibility index (Phi) is 12.1. The van der Waals surface area contributed by atoms with Crippen LogP contribution in [-0.2, 0) is 23.1 Å².